The van der Waals surface area contributed by atoms with Crippen LogP contribution in [0.1, 0.15) is 50.4 Å². The van der Waals surface area contributed by atoms with E-state index in [0.29, 0.717) is 12.0 Å². The number of nitrogens with zero attached hydrogens (tertiary/aromatic N) is 1. The molecule has 0 spiro atoms. The summed E-state index contributed by atoms with van der Waals surface area (Å²) in [5.41, 5.74) is 1.75. The van der Waals surface area contributed by atoms with Crippen molar-refractivity contribution in [2.45, 2.75) is 46.1 Å². The van der Waals surface area contributed by atoms with Crippen LogP contribution >= 0.6 is 0 Å². The van der Waals surface area contributed by atoms with Crippen molar-refractivity contribution >= 4 is 11.6 Å². The van der Waals surface area contributed by atoms with Gasteiger partial charge in [0.2, 0.25) is 0 Å². The van der Waals surface area contributed by atoms with Crippen LogP contribution in [0.15, 0.2) is 24.3 Å². The highest BCUT2D eigenvalue weighted by Crippen LogP contribution is 2.25. The summed E-state index contributed by atoms with van der Waals surface area (Å²) in [6.07, 6.45) is 3.59. The van der Waals surface area contributed by atoms with Gasteiger partial charge in [0.25, 0.3) is 5.91 Å². The predicted molar refractivity (Wildman–Crippen MR) is 84.1 cm³/mol. The standard InChI is InChI=1S/C17H26N2O/c1-4-7-14-10-11-19(12-14)17(20)15-8-5-6-9-16(15)18-13(2)3/h5-6,8-9,13-14,18H,4,7,10-12H2,1-3H3. The highest BCUT2D eigenvalue weighted by Gasteiger charge is 2.27. The molecule has 110 valence electrons. The number of likely N-dealkylation sites (tertiary alicyclic amines) is 1. The highest BCUT2D eigenvalue weighted by molar-refractivity contribution is 5.99. The van der Waals surface area contributed by atoms with E-state index in [1.165, 1.54) is 12.8 Å². The normalized spacial score (nSPS) is 18.6. The number of benzene rings is 1. The van der Waals surface area contributed by atoms with Crippen molar-refractivity contribution in [2.24, 2.45) is 5.92 Å². The van der Waals surface area contributed by atoms with Gasteiger partial charge in [0.15, 0.2) is 0 Å². The van der Waals surface area contributed by atoms with E-state index in [0.717, 1.165) is 30.8 Å². The first-order valence-corrected chi connectivity index (χ1v) is 7.76. The smallest absolute Gasteiger partial charge is 0.255 e. The second-order valence-electron chi connectivity index (χ2n) is 6.04. The number of rotatable bonds is 5. The summed E-state index contributed by atoms with van der Waals surface area (Å²) in [5.74, 6) is 0.863. The Labute approximate surface area is 122 Å². The first kappa shape index (κ1) is 14.9. The van der Waals surface area contributed by atoms with Crippen LogP contribution in [0.25, 0.3) is 0 Å². The third-order valence-corrected chi connectivity index (χ3v) is 3.87. The molecule has 1 aromatic carbocycles. The molecule has 1 N–H and O–H groups in total. The summed E-state index contributed by atoms with van der Waals surface area (Å²) in [6.45, 7) is 8.22. The van der Waals surface area contributed by atoms with Crippen molar-refractivity contribution in [3.63, 3.8) is 0 Å². The van der Waals surface area contributed by atoms with Gasteiger partial charge in [-0.15, -0.1) is 0 Å². The maximum atomic E-state index is 12.7. The lowest BCUT2D eigenvalue weighted by atomic mass is 10.0. The molecule has 0 saturated carbocycles. The zero-order valence-corrected chi connectivity index (χ0v) is 12.9. The maximum absolute atomic E-state index is 12.7. The number of anilines is 1. The third kappa shape index (κ3) is 3.53. The number of carbonyl (C=O) groups is 1. The summed E-state index contributed by atoms with van der Waals surface area (Å²) in [6, 6.07) is 8.17. The Bertz CT molecular complexity index is 456. The van der Waals surface area contributed by atoms with Crippen LogP contribution in [-0.2, 0) is 0 Å². The molecule has 1 atom stereocenters. The number of nitrogens with one attached hydrogen (secondary N) is 1. The zero-order chi connectivity index (χ0) is 14.5. The van der Waals surface area contributed by atoms with Crippen LogP contribution in [0.2, 0.25) is 0 Å². The van der Waals surface area contributed by atoms with Crippen LogP contribution in [0, 0.1) is 5.92 Å². The molecule has 0 aromatic heterocycles. The van der Waals surface area contributed by atoms with E-state index in [1.807, 2.05) is 29.2 Å². The van der Waals surface area contributed by atoms with E-state index in [9.17, 15) is 4.79 Å². The second kappa shape index (κ2) is 6.78. The summed E-state index contributed by atoms with van der Waals surface area (Å²) >= 11 is 0. The molecule has 20 heavy (non-hydrogen) atoms. The zero-order valence-electron chi connectivity index (χ0n) is 12.9. The summed E-state index contributed by atoms with van der Waals surface area (Å²) in [4.78, 5) is 14.7. The van der Waals surface area contributed by atoms with Crippen LogP contribution in [0.3, 0.4) is 0 Å². The van der Waals surface area contributed by atoms with Crippen molar-refractivity contribution in [2.75, 3.05) is 18.4 Å². The van der Waals surface area contributed by atoms with Crippen molar-refractivity contribution in [3.8, 4) is 0 Å². The topological polar surface area (TPSA) is 32.3 Å². The minimum atomic E-state index is 0.173. The molecule has 1 aliphatic heterocycles. The van der Waals surface area contributed by atoms with E-state index in [-0.39, 0.29) is 5.91 Å². The fourth-order valence-corrected chi connectivity index (χ4v) is 2.94. The average molecular weight is 274 g/mol. The second-order valence-corrected chi connectivity index (χ2v) is 6.04. The van der Waals surface area contributed by atoms with Crippen LogP contribution in [0.5, 0.6) is 0 Å². The van der Waals surface area contributed by atoms with Crippen molar-refractivity contribution < 1.29 is 4.79 Å². The van der Waals surface area contributed by atoms with Gasteiger partial charge in [-0.2, -0.15) is 0 Å². The van der Waals surface area contributed by atoms with Gasteiger partial charge in [0.05, 0.1) is 5.56 Å². The number of hydrogen-bond acceptors (Lipinski definition) is 2. The molecule has 1 amide bonds. The Hall–Kier alpha value is -1.51. The van der Waals surface area contributed by atoms with Crippen LogP contribution < -0.4 is 5.32 Å². The lowest BCUT2D eigenvalue weighted by Gasteiger charge is -2.20. The molecule has 1 heterocycles. The van der Waals surface area contributed by atoms with Crippen LogP contribution in [0.4, 0.5) is 5.69 Å². The fourth-order valence-electron chi connectivity index (χ4n) is 2.94. The summed E-state index contributed by atoms with van der Waals surface area (Å²) < 4.78 is 0. The van der Waals surface area contributed by atoms with Crippen molar-refractivity contribution in [1.82, 2.24) is 4.90 Å². The molecular weight excluding hydrogens is 248 g/mol. The quantitative estimate of drug-likeness (QED) is 0.886. The summed E-state index contributed by atoms with van der Waals surface area (Å²) in [5, 5.41) is 3.37. The van der Waals surface area contributed by atoms with Crippen molar-refractivity contribution in [1.29, 1.82) is 0 Å². The molecule has 1 saturated heterocycles. The molecule has 0 bridgehead atoms. The molecule has 3 nitrogen and oxygen atoms in total. The molecule has 0 radical (unpaired) electrons. The van der Waals surface area contributed by atoms with E-state index in [2.05, 4.69) is 26.1 Å². The van der Waals surface area contributed by atoms with Gasteiger partial charge in [-0.3, -0.25) is 4.79 Å². The minimum Gasteiger partial charge on any atom is -0.382 e. The van der Waals surface area contributed by atoms with Gasteiger partial charge in [-0.1, -0.05) is 25.5 Å². The van der Waals surface area contributed by atoms with E-state index >= 15 is 0 Å². The number of para-hydroxylation sites is 1. The Morgan fingerprint density at radius 3 is 2.85 bits per heavy atom. The van der Waals surface area contributed by atoms with Gasteiger partial charge < -0.3 is 10.2 Å². The average Bonchev–Trinajstić information content (AvgIpc) is 2.87. The molecule has 3 heteroatoms. The molecule has 1 unspecified atom stereocenters. The monoisotopic (exact) mass is 274 g/mol. The third-order valence-electron chi connectivity index (χ3n) is 3.87. The highest BCUT2D eigenvalue weighted by atomic mass is 16.2. The lowest BCUT2D eigenvalue weighted by Crippen LogP contribution is -2.29. The molecular formula is C17H26N2O. The lowest BCUT2D eigenvalue weighted by molar-refractivity contribution is 0.0787. The minimum absolute atomic E-state index is 0.173. The fraction of sp³-hybridized carbons (Fsp3) is 0.588. The molecule has 0 aliphatic carbocycles. The first-order valence-electron chi connectivity index (χ1n) is 7.76. The maximum Gasteiger partial charge on any atom is 0.255 e. The Morgan fingerprint density at radius 2 is 2.15 bits per heavy atom. The number of carbonyl (C=O) groups excluding carboxylic acids is 1. The van der Waals surface area contributed by atoms with E-state index in [4.69, 9.17) is 0 Å². The molecule has 1 aliphatic rings. The van der Waals surface area contributed by atoms with Crippen molar-refractivity contribution in [3.05, 3.63) is 29.8 Å². The van der Waals surface area contributed by atoms with E-state index < -0.39 is 0 Å². The van der Waals surface area contributed by atoms with E-state index in [1.54, 1.807) is 0 Å². The SMILES string of the molecule is CCCC1CCN(C(=O)c2ccccc2NC(C)C)C1. The Balaban J connectivity index is 2.10. The summed E-state index contributed by atoms with van der Waals surface area (Å²) in [7, 11) is 0. The number of hydrogen-bond donors (Lipinski definition) is 1. The molecule has 1 aromatic rings. The van der Waals surface area contributed by atoms with Gasteiger partial charge in [-0.25, -0.2) is 0 Å². The Morgan fingerprint density at radius 1 is 1.40 bits per heavy atom. The number of amides is 1. The first-order chi connectivity index (χ1) is 9.61. The van der Waals surface area contributed by atoms with Crippen LogP contribution in [-0.4, -0.2) is 29.9 Å². The Kier molecular flexibility index (Phi) is 5.05. The van der Waals surface area contributed by atoms with Gasteiger partial charge in [0.1, 0.15) is 0 Å². The largest absolute Gasteiger partial charge is 0.382 e. The molecule has 1 fully saturated rings. The molecule has 2 rings (SSSR count). The predicted octanol–water partition coefficient (Wildman–Crippen LogP) is 3.77. The van der Waals surface area contributed by atoms with Gasteiger partial charge >= 0.3 is 0 Å². The van der Waals surface area contributed by atoms with Gasteiger partial charge in [-0.05, 0) is 44.7 Å². The van der Waals surface area contributed by atoms with Gasteiger partial charge in [0, 0.05) is 24.8 Å².